The summed E-state index contributed by atoms with van der Waals surface area (Å²) in [5.41, 5.74) is 7.25. The van der Waals surface area contributed by atoms with Crippen LogP contribution in [-0.4, -0.2) is 42.7 Å². The smallest absolute Gasteiger partial charge is 0.326 e. The van der Waals surface area contributed by atoms with Crippen LogP contribution in [0.25, 0.3) is 0 Å². The highest BCUT2D eigenvalue weighted by Gasteiger charge is 2.28. The van der Waals surface area contributed by atoms with E-state index in [4.69, 9.17) is 5.73 Å². The van der Waals surface area contributed by atoms with Gasteiger partial charge in [0.05, 0.1) is 0 Å². The molecule has 1 saturated heterocycles. The maximum absolute atomic E-state index is 12.1. The molecule has 3 N–H and O–H groups in total. The van der Waals surface area contributed by atoms with Gasteiger partial charge in [-0.25, -0.2) is 4.79 Å². The highest BCUT2D eigenvalue weighted by atomic mass is 16.4. The zero-order valence-electron chi connectivity index (χ0n) is 15.0. The highest BCUT2D eigenvalue weighted by molar-refractivity contribution is 5.97. The lowest BCUT2D eigenvalue weighted by atomic mass is 10.1. The van der Waals surface area contributed by atoms with Crippen molar-refractivity contribution in [2.75, 3.05) is 29.4 Å². The number of anilines is 2. The van der Waals surface area contributed by atoms with E-state index in [1.807, 2.05) is 24.3 Å². The van der Waals surface area contributed by atoms with Gasteiger partial charge >= 0.3 is 5.97 Å². The molecule has 0 bridgehead atoms. The number of aliphatic carboxylic acids is 1. The summed E-state index contributed by atoms with van der Waals surface area (Å²) in [6.45, 7) is 4.04. The number of nitrogens with zero attached hydrogens (tertiary/aromatic N) is 2. The van der Waals surface area contributed by atoms with E-state index in [1.54, 1.807) is 0 Å². The van der Waals surface area contributed by atoms with Crippen molar-refractivity contribution in [2.24, 2.45) is 5.73 Å². The fourth-order valence-corrected chi connectivity index (χ4v) is 3.40. The first-order valence-corrected chi connectivity index (χ1v) is 9.12. The fraction of sp³-hybridized carbons (Fsp3) is 0.579. The van der Waals surface area contributed by atoms with Crippen LogP contribution in [0.4, 0.5) is 11.4 Å². The number of amides is 1. The Balaban J connectivity index is 2.17. The first-order chi connectivity index (χ1) is 12.0. The van der Waals surface area contributed by atoms with Crippen molar-refractivity contribution in [1.82, 2.24) is 0 Å². The molecule has 1 amide bonds. The standard InChI is InChI=1S/C19H29N3O3/c1-15(23)22(18(19(24)25)7-3-4-12-20)17-10-8-16(9-11-17)21-13-5-2-6-14-21/h8-11,18H,2-7,12-14,20H2,1H3,(H,24,25)/t18-/m0/s1. The first-order valence-electron chi connectivity index (χ1n) is 9.12. The Morgan fingerprint density at radius 2 is 1.80 bits per heavy atom. The topological polar surface area (TPSA) is 86.9 Å². The summed E-state index contributed by atoms with van der Waals surface area (Å²) < 4.78 is 0. The van der Waals surface area contributed by atoms with Crippen LogP contribution in [0.15, 0.2) is 24.3 Å². The number of hydrogen-bond donors (Lipinski definition) is 2. The molecule has 2 rings (SSSR count). The molecule has 138 valence electrons. The molecular formula is C19H29N3O3. The Morgan fingerprint density at radius 1 is 1.16 bits per heavy atom. The van der Waals surface area contributed by atoms with Gasteiger partial charge in [0.1, 0.15) is 6.04 Å². The van der Waals surface area contributed by atoms with E-state index < -0.39 is 12.0 Å². The average molecular weight is 347 g/mol. The summed E-state index contributed by atoms with van der Waals surface area (Å²) in [5.74, 6) is -1.24. The summed E-state index contributed by atoms with van der Waals surface area (Å²) in [6.07, 6.45) is 5.51. The quantitative estimate of drug-likeness (QED) is 0.706. The lowest BCUT2D eigenvalue weighted by Crippen LogP contribution is -2.44. The van der Waals surface area contributed by atoms with Crippen LogP contribution >= 0.6 is 0 Å². The van der Waals surface area contributed by atoms with Gasteiger partial charge in [0.25, 0.3) is 0 Å². The van der Waals surface area contributed by atoms with Crippen LogP contribution in [0.5, 0.6) is 0 Å². The predicted molar refractivity (Wildman–Crippen MR) is 100.0 cm³/mol. The average Bonchev–Trinajstić information content (AvgIpc) is 2.61. The maximum atomic E-state index is 12.1. The SMILES string of the molecule is CC(=O)N(c1ccc(N2CCCCC2)cc1)[C@@H](CCCCN)C(=O)O. The molecule has 1 heterocycles. The predicted octanol–water partition coefficient (Wildman–Crippen LogP) is 2.61. The molecule has 1 fully saturated rings. The van der Waals surface area contributed by atoms with E-state index in [0.717, 1.165) is 25.2 Å². The van der Waals surface area contributed by atoms with Crippen LogP contribution in [0.1, 0.15) is 45.4 Å². The normalized spacial score (nSPS) is 15.7. The van der Waals surface area contributed by atoms with E-state index in [9.17, 15) is 14.7 Å². The third-order valence-corrected chi connectivity index (χ3v) is 4.72. The zero-order valence-corrected chi connectivity index (χ0v) is 15.0. The molecule has 6 nitrogen and oxygen atoms in total. The Morgan fingerprint density at radius 3 is 2.32 bits per heavy atom. The van der Waals surface area contributed by atoms with Crippen molar-refractivity contribution in [1.29, 1.82) is 0 Å². The first kappa shape index (κ1) is 19.2. The number of carboxylic acids is 1. The van der Waals surface area contributed by atoms with Gasteiger partial charge in [0.2, 0.25) is 5.91 Å². The lowest BCUT2D eigenvalue weighted by Gasteiger charge is -2.31. The second-order valence-corrected chi connectivity index (χ2v) is 6.59. The number of unbranched alkanes of at least 4 members (excludes halogenated alkanes) is 1. The van der Waals surface area contributed by atoms with Crippen LogP contribution in [-0.2, 0) is 9.59 Å². The van der Waals surface area contributed by atoms with Crippen molar-refractivity contribution in [3.63, 3.8) is 0 Å². The van der Waals surface area contributed by atoms with Crippen molar-refractivity contribution < 1.29 is 14.7 Å². The monoisotopic (exact) mass is 347 g/mol. The molecular weight excluding hydrogens is 318 g/mol. The summed E-state index contributed by atoms with van der Waals surface area (Å²) in [6, 6.07) is 6.81. The molecule has 1 aromatic carbocycles. The maximum Gasteiger partial charge on any atom is 0.326 e. The van der Waals surface area contributed by atoms with Crippen LogP contribution in [0, 0.1) is 0 Å². The van der Waals surface area contributed by atoms with Crippen molar-refractivity contribution >= 4 is 23.3 Å². The van der Waals surface area contributed by atoms with Crippen molar-refractivity contribution in [3.05, 3.63) is 24.3 Å². The third-order valence-electron chi connectivity index (χ3n) is 4.72. The zero-order chi connectivity index (χ0) is 18.2. The molecule has 6 heteroatoms. The molecule has 1 aromatic rings. The van der Waals surface area contributed by atoms with Gasteiger partial charge in [-0.05, 0) is 69.3 Å². The number of carbonyl (C=O) groups is 2. The lowest BCUT2D eigenvalue weighted by molar-refractivity contribution is -0.140. The molecule has 0 spiro atoms. The molecule has 1 atom stereocenters. The minimum atomic E-state index is -0.979. The van der Waals surface area contributed by atoms with Gasteiger partial charge < -0.3 is 15.7 Å². The van der Waals surface area contributed by atoms with Crippen LogP contribution in [0.2, 0.25) is 0 Å². The molecule has 0 aliphatic carbocycles. The fourth-order valence-electron chi connectivity index (χ4n) is 3.40. The van der Waals surface area contributed by atoms with E-state index in [2.05, 4.69) is 4.90 Å². The number of piperidine rings is 1. The minimum Gasteiger partial charge on any atom is -0.480 e. The molecule has 0 saturated carbocycles. The number of carboxylic acid groups (broad SMARTS) is 1. The Labute approximate surface area is 149 Å². The van der Waals surface area contributed by atoms with Gasteiger partial charge in [0.15, 0.2) is 0 Å². The second-order valence-electron chi connectivity index (χ2n) is 6.59. The Hall–Kier alpha value is -2.08. The van der Waals surface area contributed by atoms with Crippen LogP contribution in [0.3, 0.4) is 0 Å². The molecule has 0 radical (unpaired) electrons. The number of carbonyl (C=O) groups excluding carboxylic acids is 1. The largest absolute Gasteiger partial charge is 0.480 e. The number of hydrogen-bond acceptors (Lipinski definition) is 4. The van der Waals surface area contributed by atoms with Gasteiger partial charge in [-0.1, -0.05) is 0 Å². The molecule has 1 aliphatic rings. The third kappa shape index (κ3) is 5.19. The van der Waals surface area contributed by atoms with Crippen molar-refractivity contribution in [2.45, 2.75) is 51.5 Å². The molecule has 1 aliphatic heterocycles. The van der Waals surface area contributed by atoms with Gasteiger partial charge in [0, 0.05) is 31.4 Å². The van der Waals surface area contributed by atoms with Gasteiger partial charge in [-0.15, -0.1) is 0 Å². The van der Waals surface area contributed by atoms with Crippen molar-refractivity contribution in [3.8, 4) is 0 Å². The summed E-state index contributed by atoms with van der Waals surface area (Å²) >= 11 is 0. The van der Waals surface area contributed by atoms with E-state index in [1.165, 1.54) is 31.1 Å². The number of benzene rings is 1. The van der Waals surface area contributed by atoms with Crippen LogP contribution < -0.4 is 15.5 Å². The Kier molecular flexibility index (Phi) is 7.25. The van der Waals surface area contributed by atoms with Gasteiger partial charge in [-0.3, -0.25) is 9.69 Å². The molecule has 0 unspecified atom stereocenters. The van der Waals surface area contributed by atoms with E-state index in [-0.39, 0.29) is 5.91 Å². The Bertz CT molecular complexity index is 568. The number of rotatable bonds is 8. The minimum absolute atomic E-state index is 0.258. The number of nitrogens with two attached hydrogens (primary N) is 1. The second kappa shape index (κ2) is 9.42. The molecule has 0 aromatic heterocycles. The molecule has 25 heavy (non-hydrogen) atoms. The summed E-state index contributed by atoms with van der Waals surface area (Å²) in [7, 11) is 0. The summed E-state index contributed by atoms with van der Waals surface area (Å²) in [4.78, 5) is 27.6. The summed E-state index contributed by atoms with van der Waals surface area (Å²) in [5, 5.41) is 9.58. The highest BCUT2D eigenvalue weighted by Crippen LogP contribution is 2.26. The van der Waals surface area contributed by atoms with Gasteiger partial charge in [-0.2, -0.15) is 0 Å². The van der Waals surface area contributed by atoms with E-state index >= 15 is 0 Å². The van der Waals surface area contributed by atoms with E-state index in [0.29, 0.717) is 25.1 Å².